The van der Waals surface area contributed by atoms with Crippen molar-refractivity contribution in [3.05, 3.63) is 59.3 Å². The molecule has 10 heteroatoms. The van der Waals surface area contributed by atoms with Crippen LogP contribution in [0.15, 0.2) is 47.4 Å². The lowest BCUT2D eigenvalue weighted by Gasteiger charge is -2.53. The van der Waals surface area contributed by atoms with Gasteiger partial charge in [0.15, 0.2) is 11.5 Å². The highest BCUT2D eigenvalue weighted by Gasteiger charge is 2.51. The molecule has 0 saturated carbocycles. The van der Waals surface area contributed by atoms with Gasteiger partial charge < -0.3 is 18.8 Å². The first kappa shape index (κ1) is 28.8. The van der Waals surface area contributed by atoms with Crippen molar-refractivity contribution in [1.82, 2.24) is 14.2 Å². The van der Waals surface area contributed by atoms with Crippen molar-refractivity contribution in [1.29, 1.82) is 0 Å². The van der Waals surface area contributed by atoms with E-state index in [1.165, 1.54) is 0 Å². The van der Waals surface area contributed by atoms with Crippen LogP contribution in [-0.2, 0) is 32.4 Å². The largest absolute Gasteiger partial charge is 0.493 e. The molecule has 3 aromatic rings. The fourth-order valence-corrected chi connectivity index (χ4v) is 8.34. The van der Waals surface area contributed by atoms with Gasteiger partial charge >= 0.3 is 5.97 Å². The summed E-state index contributed by atoms with van der Waals surface area (Å²) in [5.74, 6) is 0.900. The Morgan fingerprint density at radius 1 is 1.07 bits per heavy atom. The fourth-order valence-electron chi connectivity index (χ4n) is 7.28. The summed E-state index contributed by atoms with van der Waals surface area (Å²) < 4.78 is 48.0. The lowest BCUT2D eigenvalue weighted by Crippen LogP contribution is -2.51. The second-order valence-corrected chi connectivity index (χ2v) is 13.1. The molecule has 3 aliphatic heterocycles. The number of hydrogen-bond acceptors (Lipinski definition) is 7. The van der Waals surface area contributed by atoms with E-state index in [1.807, 2.05) is 31.2 Å². The first-order valence-corrected chi connectivity index (χ1v) is 16.3. The average molecular weight is 594 g/mol. The molecule has 1 aromatic heterocycles. The maximum absolute atomic E-state index is 13.5. The highest BCUT2D eigenvalue weighted by molar-refractivity contribution is 7.89. The molecule has 2 atom stereocenters. The fraction of sp³-hybridized carbons (Fsp3) is 0.469. The minimum atomic E-state index is -3.77. The molecule has 224 valence electrons. The van der Waals surface area contributed by atoms with E-state index < -0.39 is 10.0 Å². The molecule has 9 nitrogen and oxygen atoms in total. The Balaban J connectivity index is 1.36. The van der Waals surface area contributed by atoms with Crippen molar-refractivity contribution in [2.24, 2.45) is 5.41 Å². The predicted octanol–water partition coefficient (Wildman–Crippen LogP) is 4.69. The van der Waals surface area contributed by atoms with E-state index in [0.717, 1.165) is 66.5 Å². The Kier molecular flexibility index (Phi) is 7.57. The molecule has 0 radical (unpaired) electrons. The molecule has 4 heterocycles. The zero-order valence-corrected chi connectivity index (χ0v) is 25.6. The molecule has 2 aromatic carbocycles. The number of rotatable bonds is 10. The molecule has 0 aliphatic carbocycles. The third kappa shape index (κ3) is 4.60. The van der Waals surface area contributed by atoms with Gasteiger partial charge in [0.1, 0.15) is 5.70 Å². The minimum Gasteiger partial charge on any atom is -0.493 e. The summed E-state index contributed by atoms with van der Waals surface area (Å²) in [4.78, 5) is 16.1. The maximum Gasteiger partial charge on any atom is 0.354 e. The summed E-state index contributed by atoms with van der Waals surface area (Å²) in [5, 5.41) is 0.889. The molecule has 0 bridgehead atoms. The third-order valence-electron chi connectivity index (χ3n) is 9.26. The van der Waals surface area contributed by atoms with Crippen molar-refractivity contribution in [2.45, 2.75) is 56.9 Å². The lowest BCUT2D eigenvalue weighted by molar-refractivity contribution is -0.136. The van der Waals surface area contributed by atoms with Gasteiger partial charge in [-0.05, 0) is 93.1 Å². The molecule has 1 saturated heterocycles. The van der Waals surface area contributed by atoms with E-state index in [9.17, 15) is 13.2 Å². The molecule has 0 spiro atoms. The number of carbonyl (C=O) groups is 1. The molecule has 1 fully saturated rings. The smallest absolute Gasteiger partial charge is 0.354 e. The Morgan fingerprint density at radius 3 is 2.62 bits per heavy atom. The molecular formula is C32H39N3O6S. The number of benzene rings is 2. The van der Waals surface area contributed by atoms with Gasteiger partial charge in [0, 0.05) is 29.6 Å². The number of nitrogens with zero attached hydrogens (tertiary/aromatic N) is 2. The zero-order valence-electron chi connectivity index (χ0n) is 24.7. The summed E-state index contributed by atoms with van der Waals surface area (Å²) in [6.45, 7) is 6.50. The first-order valence-electron chi connectivity index (χ1n) is 14.8. The van der Waals surface area contributed by atoms with Gasteiger partial charge in [0.05, 0.1) is 37.3 Å². The highest BCUT2D eigenvalue weighted by atomic mass is 32.2. The number of aromatic nitrogens is 1. The third-order valence-corrected chi connectivity index (χ3v) is 10.7. The van der Waals surface area contributed by atoms with Gasteiger partial charge in [-0.1, -0.05) is 13.0 Å². The van der Waals surface area contributed by atoms with Gasteiger partial charge in [0.25, 0.3) is 0 Å². The van der Waals surface area contributed by atoms with Gasteiger partial charge in [0.2, 0.25) is 10.0 Å². The van der Waals surface area contributed by atoms with Crippen LogP contribution >= 0.6 is 0 Å². The van der Waals surface area contributed by atoms with Gasteiger partial charge in [-0.25, -0.2) is 17.9 Å². The van der Waals surface area contributed by atoms with Crippen molar-refractivity contribution in [2.75, 3.05) is 40.5 Å². The van der Waals surface area contributed by atoms with Crippen LogP contribution in [0.1, 0.15) is 56.0 Å². The standard InChI is InChI=1S/C32H39N3O6S/c1-5-32-14-7-16-34-17-13-23-24-19-22(42(37,38)33-15-12-21-8-11-27(39-3)28(18-21)40-4)9-10-25(24)35(29(23)30(32)34)26(20-32)31(36)41-6-2/h8-11,18-20,30,33H,5-7,12-17H2,1-4H3/t30-,32+/m1/s1. The molecule has 42 heavy (non-hydrogen) atoms. The zero-order chi connectivity index (χ0) is 29.6. The molecule has 3 aliphatic rings. The molecule has 6 rings (SSSR count). The van der Waals surface area contributed by atoms with E-state index in [1.54, 1.807) is 26.4 Å². The Morgan fingerprint density at radius 2 is 1.88 bits per heavy atom. The predicted molar refractivity (Wildman–Crippen MR) is 161 cm³/mol. The second-order valence-electron chi connectivity index (χ2n) is 11.3. The van der Waals surface area contributed by atoms with Crippen LogP contribution in [0, 0.1) is 5.41 Å². The second kappa shape index (κ2) is 11.1. The Labute approximate surface area is 247 Å². The van der Waals surface area contributed by atoms with Crippen molar-refractivity contribution < 1.29 is 27.4 Å². The molecule has 0 amide bonds. The number of fused-ring (bicyclic) bond motifs is 3. The van der Waals surface area contributed by atoms with Gasteiger partial charge in [-0.3, -0.25) is 4.90 Å². The quantitative estimate of drug-likeness (QED) is 0.341. The summed E-state index contributed by atoms with van der Waals surface area (Å²) in [6.07, 6.45) is 6.48. The normalized spacial score (nSPS) is 21.5. The Bertz CT molecular complexity index is 1680. The van der Waals surface area contributed by atoms with E-state index in [-0.39, 0.29) is 28.9 Å². The number of hydrogen-bond donors (Lipinski definition) is 1. The average Bonchev–Trinajstić information content (AvgIpc) is 3.34. The van der Waals surface area contributed by atoms with Crippen molar-refractivity contribution >= 4 is 32.6 Å². The van der Waals surface area contributed by atoms with E-state index >= 15 is 0 Å². The lowest BCUT2D eigenvalue weighted by atomic mass is 9.66. The van der Waals surface area contributed by atoms with Gasteiger partial charge in [-0.2, -0.15) is 0 Å². The highest BCUT2D eigenvalue weighted by Crippen LogP contribution is 2.57. The number of nitrogens with one attached hydrogen (secondary N) is 1. The summed E-state index contributed by atoms with van der Waals surface area (Å²) >= 11 is 0. The van der Waals surface area contributed by atoms with Crippen LogP contribution in [0.25, 0.3) is 16.6 Å². The minimum absolute atomic E-state index is 0.152. The summed E-state index contributed by atoms with van der Waals surface area (Å²) in [6, 6.07) is 11.0. The first-order chi connectivity index (χ1) is 20.3. The number of esters is 1. The summed E-state index contributed by atoms with van der Waals surface area (Å²) in [7, 11) is -0.617. The van der Waals surface area contributed by atoms with Crippen molar-refractivity contribution in [3.8, 4) is 11.5 Å². The van der Waals surface area contributed by atoms with E-state index in [4.69, 9.17) is 14.2 Å². The van der Waals surface area contributed by atoms with Gasteiger partial charge in [-0.15, -0.1) is 0 Å². The van der Waals surface area contributed by atoms with E-state index in [2.05, 4.69) is 27.2 Å². The number of ether oxygens (including phenoxy) is 3. The van der Waals surface area contributed by atoms with Crippen LogP contribution in [0.3, 0.4) is 0 Å². The molecular weight excluding hydrogens is 554 g/mol. The number of piperidine rings is 1. The maximum atomic E-state index is 13.5. The van der Waals surface area contributed by atoms with Crippen molar-refractivity contribution in [3.63, 3.8) is 0 Å². The summed E-state index contributed by atoms with van der Waals surface area (Å²) in [5.41, 5.74) is 4.45. The Hall–Kier alpha value is -3.34. The van der Waals surface area contributed by atoms with Crippen LogP contribution in [-0.4, -0.2) is 64.3 Å². The monoisotopic (exact) mass is 593 g/mol. The SMILES string of the molecule is CCOC(=O)C1=C[C@]2(CC)CCCN3CCc4c(n1c1ccc(S(=O)(=O)NCCc5ccc(OC)c(OC)c5)cc41)[C@@H]32. The number of carbonyl (C=O) groups excluding carboxylic acids is 1. The topological polar surface area (TPSA) is 99.1 Å². The number of sulfonamides is 1. The van der Waals surface area contributed by atoms with E-state index in [0.29, 0.717) is 30.2 Å². The molecule has 0 unspecified atom stereocenters. The van der Waals surface area contributed by atoms with Crippen LogP contribution in [0.4, 0.5) is 0 Å². The van der Waals surface area contributed by atoms with Crippen LogP contribution < -0.4 is 14.2 Å². The molecule has 1 N–H and O–H groups in total. The van der Waals surface area contributed by atoms with Crippen LogP contribution in [0.2, 0.25) is 0 Å². The van der Waals surface area contributed by atoms with Crippen LogP contribution in [0.5, 0.6) is 11.5 Å². The number of methoxy groups -OCH3 is 2.